The van der Waals surface area contributed by atoms with Gasteiger partial charge in [-0.3, -0.25) is 4.79 Å². The van der Waals surface area contributed by atoms with E-state index in [9.17, 15) is 9.59 Å². The number of piperidine rings is 1. The fraction of sp³-hybridized carbons (Fsp3) is 0.619. The maximum atomic E-state index is 12.7. The molecule has 3 amide bonds. The zero-order chi connectivity index (χ0) is 19.1. The Kier molecular flexibility index (Phi) is 7.44. The number of nitrogens with zero attached hydrogens (tertiary/aromatic N) is 1. The van der Waals surface area contributed by atoms with Crippen LogP contribution in [0.25, 0.3) is 0 Å². The lowest BCUT2D eigenvalue weighted by atomic mass is 10.0. The smallest absolute Gasteiger partial charge is 0.319 e. The van der Waals surface area contributed by atoms with Crippen molar-refractivity contribution in [3.63, 3.8) is 0 Å². The molecule has 1 saturated heterocycles. The number of hydrogen-bond donors (Lipinski definition) is 2. The third-order valence-corrected chi connectivity index (χ3v) is 6.88. The largest absolute Gasteiger partial charge is 0.337 e. The standard InChI is InChI=1S/C21H31N3O2S/c1-16-6-4-5-14-24(16)20(25)17-9-11-18(12-10-17)23-21(26)22-13-15-27-19-7-2-3-8-19/h9-12,16,19H,2-8,13-15H2,1H3,(H2,22,23,26). The van der Waals surface area contributed by atoms with Crippen molar-refractivity contribution in [1.29, 1.82) is 0 Å². The molecule has 0 bridgehead atoms. The summed E-state index contributed by atoms with van der Waals surface area (Å²) in [4.78, 5) is 26.6. The fourth-order valence-electron chi connectivity index (χ4n) is 3.88. The topological polar surface area (TPSA) is 61.4 Å². The van der Waals surface area contributed by atoms with Crippen molar-refractivity contribution in [2.75, 3.05) is 24.2 Å². The molecule has 2 fully saturated rings. The number of anilines is 1. The van der Waals surface area contributed by atoms with E-state index in [1.54, 1.807) is 24.3 Å². The minimum absolute atomic E-state index is 0.0853. The van der Waals surface area contributed by atoms with Crippen LogP contribution in [0.4, 0.5) is 10.5 Å². The number of thioether (sulfide) groups is 1. The van der Waals surface area contributed by atoms with E-state index in [4.69, 9.17) is 0 Å². The molecular weight excluding hydrogens is 358 g/mol. The van der Waals surface area contributed by atoms with Gasteiger partial charge in [0.1, 0.15) is 0 Å². The van der Waals surface area contributed by atoms with Gasteiger partial charge in [0.2, 0.25) is 0 Å². The SMILES string of the molecule is CC1CCCCN1C(=O)c1ccc(NC(=O)NCCSC2CCCC2)cc1. The molecule has 3 rings (SSSR count). The lowest BCUT2D eigenvalue weighted by molar-refractivity contribution is 0.0635. The van der Waals surface area contributed by atoms with Crippen molar-refractivity contribution < 1.29 is 9.59 Å². The van der Waals surface area contributed by atoms with Crippen molar-refractivity contribution in [1.82, 2.24) is 10.2 Å². The van der Waals surface area contributed by atoms with E-state index in [-0.39, 0.29) is 11.9 Å². The van der Waals surface area contributed by atoms with Gasteiger partial charge in [0.15, 0.2) is 0 Å². The van der Waals surface area contributed by atoms with Crippen LogP contribution >= 0.6 is 11.8 Å². The summed E-state index contributed by atoms with van der Waals surface area (Å²) in [5.41, 5.74) is 1.39. The van der Waals surface area contributed by atoms with Crippen LogP contribution in [0.2, 0.25) is 0 Å². The van der Waals surface area contributed by atoms with E-state index in [1.807, 2.05) is 16.7 Å². The number of nitrogens with one attached hydrogen (secondary N) is 2. The average Bonchev–Trinajstić information content (AvgIpc) is 3.19. The van der Waals surface area contributed by atoms with Crippen molar-refractivity contribution in [2.45, 2.75) is 63.2 Å². The maximum absolute atomic E-state index is 12.7. The van der Waals surface area contributed by atoms with Gasteiger partial charge in [-0.1, -0.05) is 12.8 Å². The third-order valence-electron chi connectivity index (χ3n) is 5.50. The van der Waals surface area contributed by atoms with E-state index in [0.717, 1.165) is 30.4 Å². The number of amides is 3. The Morgan fingerprint density at radius 3 is 2.48 bits per heavy atom. The molecule has 27 heavy (non-hydrogen) atoms. The van der Waals surface area contributed by atoms with Gasteiger partial charge in [-0.05, 0) is 63.3 Å². The van der Waals surface area contributed by atoms with Crippen LogP contribution < -0.4 is 10.6 Å². The summed E-state index contributed by atoms with van der Waals surface area (Å²) in [6.07, 6.45) is 8.68. The van der Waals surface area contributed by atoms with Gasteiger partial charge in [-0.25, -0.2) is 4.79 Å². The summed E-state index contributed by atoms with van der Waals surface area (Å²) >= 11 is 1.97. The summed E-state index contributed by atoms with van der Waals surface area (Å²) < 4.78 is 0. The molecule has 1 aliphatic carbocycles. The Bertz CT molecular complexity index is 629. The fourth-order valence-corrected chi connectivity index (χ4v) is 5.10. The summed E-state index contributed by atoms with van der Waals surface area (Å²) in [6, 6.07) is 7.32. The van der Waals surface area contributed by atoms with Crippen molar-refractivity contribution >= 4 is 29.4 Å². The van der Waals surface area contributed by atoms with E-state index >= 15 is 0 Å². The number of rotatable bonds is 6. The molecule has 6 heteroatoms. The Hall–Kier alpha value is -1.69. The second kappa shape index (κ2) is 10.0. The van der Waals surface area contributed by atoms with Gasteiger partial charge >= 0.3 is 6.03 Å². The van der Waals surface area contributed by atoms with E-state index in [0.29, 0.717) is 23.8 Å². The molecule has 5 nitrogen and oxygen atoms in total. The summed E-state index contributed by atoms with van der Waals surface area (Å²) in [5.74, 6) is 1.04. The Morgan fingerprint density at radius 1 is 1.07 bits per heavy atom. The molecule has 1 aliphatic heterocycles. The minimum Gasteiger partial charge on any atom is -0.337 e. The number of likely N-dealkylation sites (tertiary alicyclic amines) is 1. The first-order valence-electron chi connectivity index (χ1n) is 10.2. The first kappa shape index (κ1) is 20.1. The molecule has 0 radical (unpaired) electrons. The molecule has 0 aromatic heterocycles. The lowest BCUT2D eigenvalue weighted by Crippen LogP contribution is -2.42. The van der Waals surface area contributed by atoms with Crippen molar-refractivity contribution in [3.05, 3.63) is 29.8 Å². The lowest BCUT2D eigenvalue weighted by Gasteiger charge is -2.33. The molecule has 1 saturated carbocycles. The van der Waals surface area contributed by atoms with Crippen LogP contribution in [0, 0.1) is 0 Å². The Balaban J connectivity index is 1.41. The van der Waals surface area contributed by atoms with E-state index in [1.165, 1.54) is 32.1 Å². The average molecular weight is 390 g/mol. The predicted octanol–water partition coefficient (Wildman–Crippen LogP) is 4.50. The van der Waals surface area contributed by atoms with Gasteiger partial charge < -0.3 is 15.5 Å². The van der Waals surface area contributed by atoms with Crippen LogP contribution in [0.15, 0.2) is 24.3 Å². The van der Waals surface area contributed by atoms with Crippen molar-refractivity contribution in [2.24, 2.45) is 0 Å². The van der Waals surface area contributed by atoms with Crippen LogP contribution in [0.3, 0.4) is 0 Å². The summed E-state index contributed by atoms with van der Waals surface area (Å²) in [7, 11) is 0. The number of urea groups is 1. The highest BCUT2D eigenvalue weighted by Gasteiger charge is 2.24. The number of carbonyl (C=O) groups excluding carboxylic acids is 2. The molecule has 1 unspecified atom stereocenters. The van der Waals surface area contributed by atoms with Gasteiger partial charge in [0, 0.05) is 41.4 Å². The highest BCUT2D eigenvalue weighted by Crippen LogP contribution is 2.28. The molecule has 2 N–H and O–H groups in total. The molecule has 1 aromatic carbocycles. The second-order valence-corrected chi connectivity index (χ2v) is 8.99. The molecule has 148 valence electrons. The van der Waals surface area contributed by atoms with Crippen LogP contribution in [0.1, 0.15) is 62.2 Å². The van der Waals surface area contributed by atoms with Crippen molar-refractivity contribution in [3.8, 4) is 0 Å². The highest BCUT2D eigenvalue weighted by atomic mass is 32.2. The van der Waals surface area contributed by atoms with Crippen LogP contribution in [-0.2, 0) is 0 Å². The van der Waals surface area contributed by atoms with Gasteiger partial charge in [0.25, 0.3) is 5.91 Å². The van der Waals surface area contributed by atoms with E-state index in [2.05, 4.69) is 17.6 Å². The molecule has 1 atom stereocenters. The predicted molar refractivity (Wildman–Crippen MR) is 113 cm³/mol. The first-order valence-corrected chi connectivity index (χ1v) is 11.3. The monoisotopic (exact) mass is 389 g/mol. The molecular formula is C21H31N3O2S. The Labute approximate surface area is 166 Å². The summed E-state index contributed by atoms with van der Waals surface area (Å²) in [5, 5.41) is 6.52. The quantitative estimate of drug-likeness (QED) is 0.704. The maximum Gasteiger partial charge on any atom is 0.319 e. The molecule has 2 aliphatic rings. The zero-order valence-corrected chi connectivity index (χ0v) is 17.0. The number of hydrogen-bond acceptors (Lipinski definition) is 3. The van der Waals surface area contributed by atoms with Crippen LogP contribution in [0.5, 0.6) is 0 Å². The summed E-state index contributed by atoms with van der Waals surface area (Å²) in [6.45, 7) is 3.63. The van der Waals surface area contributed by atoms with Gasteiger partial charge in [-0.2, -0.15) is 11.8 Å². The van der Waals surface area contributed by atoms with Gasteiger partial charge in [-0.15, -0.1) is 0 Å². The van der Waals surface area contributed by atoms with Crippen LogP contribution in [-0.4, -0.2) is 47.0 Å². The second-order valence-electron chi connectivity index (χ2n) is 7.58. The Morgan fingerprint density at radius 2 is 1.78 bits per heavy atom. The molecule has 1 aromatic rings. The highest BCUT2D eigenvalue weighted by molar-refractivity contribution is 7.99. The normalized spacial score (nSPS) is 20.5. The number of carbonyl (C=O) groups is 2. The zero-order valence-electron chi connectivity index (χ0n) is 16.2. The minimum atomic E-state index is -0.189. The molecule has 1 heterocycles. The number of benzene rings is 1. The van der Waals surface area contributed by atoms with E-state index < -0.39 is 0 Å². The first-order chi connectivity index (χ1) is 13.1. The third kappa shape index (κ3) is 5.89. The van der Waals surface area contributed by atoms with Gasteiger partial charge in [0.05, 0.1) is 0 Å². The molecule has 0 spiro atoms.